The average molecular weight is 816 g/mol. The molecule has 3 heteroatoms. The quantitative estimate of drug-likeness (QED) is 0.122. The van der Waals surface area contributed by atoms with Crippen molar-refractivity contribution >= 4 is 38.1 Å². The van der Waals surface area contributed by atoms with Gasteiger partial charge in [-0.15, -0.1) is 0 Å². The van der Waals surface area contributed by atoms with Crippen LogP contribution in [0.3, 0.4) is 0 Å². The zero-order valence-electron chi connectivity index (χ0n) is 39.5. The van der Waals surface area contributed by atoms with Gasteiger partial charge < -0.3 is 4.40 Å². The van der Waals surface area contributed by atoms with Crippen LogP contribution in [-0.2, 0) is 32.5 Å². The third-order valence-corrected chi connectivity index (χ3v) is 14.5. The molecule has 0 radical (unpaired) electrons. The number of benzene rings is 6. The zero-order valence-corrected chi connectivity index (χ0v) is 39.5. The third-order valence-electron chi connectivity index (χ3n) is 14.5. The van der Waals surface area contributed by atoms with E-state index in [4.69, 9.17) is 0 Å². The molecule has 6 aromatic carbocycles. The Morgan fingerprint density at radius 2 is 0.677 bits per heavy atom. The first-order chi connectivity index (χ1) is 28.7. The lowest BCUT2D eigenvalue weighted by atomic mass is 9.62. The second-order valence-corrected chi connectivity index (χ2v) is 23.9. The molecular formula is C59H61NO2. The largest absolute Gasteiger partial charge is 0.307 e. The van der Waals surface area contributed by atoms with Crippen molar-refractivity contribution in [2.75, 3.05) is 0 Å². The molecule has 0 bridgehead atoms. The minimum atomic E-state index is -0.829. The SMILES string of the molecule is CC(C)(C)c1ccc(-c2cc3c(=O)c4cc(C(C)(C)C)cc5c4n4c6c(cc(C(C)(C)C)cc6c(=O)c(c2)c34)C52c3cc(C(C)(C)C)ccc3-c3ccc(C(C)(C)C)cc32)cc1. The number of rotatable bonds is 1. The first-order valence-corrected chi connectivity index (χ1v) is 22.6. The van der Waals surface area contributed by atoms with Crippen LogP contribution in [0, 0.1) is 0 Å². The lowest BCUT2D eigenvalue weighted by Gasteiger charge is -2.41. The van der Waals surface area contributed by atoms with Gasteiger partial charge in [-0.2, -0.15) is 0 Å². The Hall–Kier alpha value is -5.54. The molecule has 0 N–H and O–H groups in total. The molecule has 1 aliphatic heterocycles. The van der Waals surface area contributed by atoms with Crippen molar-refractivity contribution < 1.29 is 0 Å². The number of hydrogen-bond donors (Lipinski definition) is 0. The molecule has 1 aliphatic carbocycles. The van der Waals surface area contributed by atoms with Gasteiger partial charge in [0.15, 0.2) is 10.9 Å². The summed E-state index contributed by atoms with van der Waals surface area (Å²) in [6, 6.07) is 36.1. The highest BCUT2D eigenvalue weighted by atomic mass is 16.1. The van der Waals surface area contributed by atoms with Crippen LogP contribution >= 0.6 is 0 Å². The Kier molecular flexibility index (Phi) is 8.07. The summed E-state index contributed by atoms with van der Waals surface area (Å²) >= 11 is 0. The molecule has 0 atom stereocenters. The molecule has 0 saturated heterocycles. The normalized spacial score (nSPS) is 15.0. The molecule has 8 aromatic rings. The van der Waals surface area contributed by atoms with E-state index in [9.17, 15) is 0 Å². The summed E-state index contributed by atoms with van der Waals surface area (Å²) in [4.78, 5) is 31.4. The maximum atomic E-state index is 15.7. The van der Waals surface area contributed by atoms with Crippen molar-refractivity contribution in [2.24, 2.45) is 0 Å². The van der Waals surface area contributed by atoms with Crippen molar-refractivity contribution in [1.82, 2.24) is 4.40 Å². The van der Waals surface area contributed by atoms with Crippen LogP contribution in [0.15, 0.2) is 107 Å². The van der Waals surface area contributed by atoms with Crippen molar-refractivity contribution in [3.05, 3.63) is 168 Å². The van der Waals surface area contributed by atoms with Gasteiger partial charge in [-0.1, -0.05) is 177 Å². The molecule has 10 rings (SSSR count). The van der Waals surface area contributed by atoms with E-state index in [-0.39, 0.29) is 37.9 Å². The fourth-order valence-electron chi connectivity index (χ4n) is 10.7. The fourth-order valence-corrected chi connectivity index (χ4v) is 10.7. The third kappa shape index (κ3) is 5.48. The highest BCUT2D eigenvalue weighted by Crippen LogP contribution is 2.62. The van der Waals surface area contributed by atoms with Crippen molar-refractivity contribution in [3.8, 4) is 22.3 Å². The molecule has 62 heavy (non-hydrogen) atoms. The Morgan fingerprint density at radius 1 is 0.339 bits per heavy atom. The summed E-state index contributed by atoms with van der Waals surface area (Å²) in [5.41, 5.74) is 15.8. The van der Waals surface area contributed by atoms with Crippen molar-refractivity contribution in [3.63, 3.8) is 0 Å². The van der Waals surface area contributed by atoms with E-state index in [0.29, 0.717) is 27.1 Å². The summed E-state index contributed by atoms with van der Waals surface area (Å²) in [7, 11) is 0. The van der Waals surface area contributed by atoms with E-state index in [0.717, 1.165) is 44.4 Å². The molecule has 1 spiro atoms. The summed E-state index contributed by atoms with van der Waals surface area (Å²) in [6.45, 7) is 33.9. The molecule has 3 heterocycles. The minimum Gasteiger partial charge on any atom is -0.307 e. The Labute approximate surface area is 367 Å². The molecule has 3 nitrogen and oxygen atoms in total. The van der Waals surface area contributed by atoms with E-state index in [1.165, 1.54) is 38.9 Å². The van der Waals surface area contributed by atoms with Gasteiger partial charge in [0, 0.05) is 21.5 Å². The summed E-state index contributed by atoms with van der Waals surface area (Å²) in [5, 5.41) is 2.57. The predicted molar refractivity (Wildman–Crippen MR) is 263 cm³/mol. The fraction of sp³-hybridized carbons (Fsp3) is 0.356. The lowest BCUT2D eigenvalue weighted by Crippen LogP contribution is -2.36. The summed E-state index contributed by atoms with van der Waals surface area (Å²) < 4.78 is 2.35. The monoisotopic (exact) mass is 815 g/mol. The van der Waals surface area contributed by atoms with E-state index in [1.54, 1.807) is 0 Å². The van der Waals surface area contributed by atoms with E-state index < -0.39 is 5.41 Å². The second kappa shape index (κ2) is 12.3. The van der Waals surface area contributed by atoms with Crippen molar-refractivity contribution in [1.29, 1.82) is 0 Å². The molecule has 314 valence electrons. The number of aromatic nitrogens is 1. The molecular weight excluding hydrogens is 755 g/mol. The number of fused-ring (bicyclic) bond motifs is 7. The van der Waals surface area contributed by atoms with Crippen molar-refractivity contribution in [2.45, 2.75) is 136 Å². The average Bonchev–Trinajstić information content (AvgIpc) is 3.47. The highest BCUT2D eigenvalue weighted by molar-refractivity contribution is 6.13. The van der Waals surface area contributed by atoms with Crippen LogP contribution in [0.25, 0.3) is 60.3 Å². The van der Waals surface area contributed by atoms with E-state index >= 15 is 9.59 Å². The van der Waals surface area contributed by atoms with Gasteiger partial charge in [0.25, 0.3) is 0 Å². The molecule has 2 aliphatic rings. The molecule has 0 amide bonds. The highest BCUT2D eigenvalue weighted by Gasteiger charge is 2.52. The number of hydrogen-bond acceptors (Lipinski definition) is 2. The zero-order chi connectivity index (χ0) is 44.6. The molecule has 0 fully saturated rings. The summed E-state index contributed by atoms with van der Waals surface area (Å²) in [5.74, 6) is 0. The van der Waals surface area contributed by atoms with Gasteiger partial charge in [-0.3, -0.25) is 9.59 Å². The van der Waals surface area contributed by atoms with Gasteiger partial charge in [-0.25, -0.2) is 0 Å². The van der Waals surface area contributed by atoms with Gasteiger partial charge in [0.05, 0.1) is 22.0 Å². The maximum absolute atomic E-state index is 15.7. The molecule has 0 unspecified atom stereocenters. The minimum absolute atomic E-state index is 0.000731. The van der Waals surface area contributed by atoms with Crippen LogP contribution in [0.1, 0.15) is 154 Å². The Balaban J connectivity index is 1.49. The molecule has 2 aromatic heterocycles. The van der Waals surface area contributed by atoms with Gasteiger partial charge in [-0.05, 0) is 124 Å². The van der Waals surface area contributed by atoms with E-state index in [1.807, 2.05) is 0 Å². The number of pyridine rings is 2. The standard InChI is InChI=1S/C59H61NO2/c1-54(2,3)34-18-16-32(17-19-34)33-24-41-49-42(25-33)53(62)44-27-38(58(13,14)15)31-48-51(44)60(49)50-43(52(41)61)26-37(57(10,11)12)30-47(50)59(48)45-28-35(55(4,5)6)20-22-39(45)40-23-21-36(29-46(40)59)56(7,8)9/h16-31H,1-15H3. The topological polar surface area (TPSA) is 38.5 Å². The molecule has 0 saturated carbocycles. The Bertz CT molecular complexity index is 3180. The van der Waals surface area contributed by atoms with Crippen LogP contribution < -0.4 is 10.9 Å². The maximum Gasteiger partial charge on any atom is 0.197 e. The van der Waals surface area contributed by atoms with Gasteiger partial charge >= 0.3 is 0 Å². The van der Waals surface area contributed by atoms with Crippen LogP contribution in [0.5, 0.6) is 0 Å². The first kappa shape index (κ1) is 40.5. The van der Waals surface area contributed by atoms with Crippen LogP contribution in [-0.4, -0.2) is 4.40 Å². The van der Waals surface area contributed by atoms with E-state index in [2.05, 4.69) is 205 Å². The van der Waals surface area contributed by atoms with Crippen LogP contribution in [0.4, 0.5) is 0 Å². The summed E-state index contributed by atoms with van der Waals surface area (Å²) in [6.07, 6.45) is 0. The van der Waals surface area contributed by atoms with Gasteiger partial charge in [0.2, 0.25) is 0 Å². The first-order valence-electron chi connectivity index (χ1n) is 22.6. The predicted octanol–water partition coefficient (Wildman–Crippen LogP) is 14.4. The second-order valence-electron chi connectivity index (χ2n) is 23.9. The van der Waals surface area contributed by atoms with Gasteiger partial charge in [0.1, 0.15) is 0 Å². The smallest absolute Gasteiger partial charge is 0.197 e. The van der Waals surface area contributed by atoms with Crippen LogP contribution in [0.2, 0.25) is 0 Å². The Morgan fingerprint density at radius 3 is 1.05 bits per heavy atom. The number of nitrogens with zero attached hydrogens (tertiary/aromatic N) is 1. The lowest BCUT2D eigenvalue weighted by molar-refractivity contribution is 0.581.